The van der Waals surface area contributed by atoms with E-state index in [0.29, 0.717) is 18.9 Å². The Morgan fingerprint density at radius 1 is 1.50 bits per heavy atom. The van der Waals surface area contributed by atoms with Crippen molar-refractivity contribution in [2.75, 3.05) is 13.2 Å². The summed E-state index contributed by atoms with van der Waals surface area (Å²) >= 11 is 0. The lowest BCUT2D eigenvalue weighted by atomic mass is 10.2. The number of aliphatic hydroxyl groups excluding tert-OH is 1. The number of hydrogen-bond acceptors (Lipinski definition) is 5. The topological polar surface area (TPSA) is 101 Å². The van der Waals surface area contributed by atoms with Crippen LogP contribution in [0.25, 0.3) is 0 Å². The first-order valence-corrected chi connectivity index (χ1v) is 7.38. The van der Waals surface area contributed by atoms with Crippen molar-refractivity contribution >= 4 is 15.7 Å². The second-order valence-electron chi connectivity index (χ2n) is 4.46. The molecule has 1 aliphatic heterocycles. The Kier molecular flexibility index (Phi) is 4.02. The molecule has 1 fully saturated rings. The summed E-state index contributed by atoms with van der Waals surface area (Å²) in [6.45, 7) is -0.170. The van der Waals surface area contributed by atoms with Crippen molar-refractivity contribution in [2.45, 2.75) is 23.8 Å². The molecule has 2 rings (SSSR count). The SMILES string of the molecule is O=[N+]([O-])c1cc(F)ccc1S(=O)(=O)N1CCC[C@@H]1CO. The smallest absolute Gasteiger partial charge is 0.292 e. The van der Waals surface area contributed by atoms with Gasteiger partial charge in [-0.05, 0) is 25.0 Å². The van der Waals surface area contributed by atoms with Crippen LogP contribution in [0.1, 0.15) is 12.8 Å². The van der Waals surface area contributed by atoms with Crippen molar-refractivity contribution in [3.05, 3.63) is 34.1 Å². The molecule has 0 amide bonds. The van der Waals surface area contributed by atoms with Gasteiger partial charge in [0.1, 0.15) is 5.82 Å². The minimum absolute atomic E-state index is 0.183. The van der Waals surface area contributed by atoms with Crippen LogP contribution in [0.4, 0.5) is 10.1 Å². The second-order valence-corrected chi connectivity index (χ2v) is 6.32. The molecule has 7 nitrogen and oxygen atoms in total. The summed E-state index contributed by atoms with van der Waals surface area (Å²) in [5, 5.41) is 20.1. The van der Waals surface area contributed by atoms with E-state index in [1.807, 2.05) is 0 Å². The van der Waals surface area contributed by atoms with Crippen LogP contribution in [0.3, 0.4) is 0 Å². The highest BCUT2D eigenvalue weighted by Gasteiger charge is 2.38. The lowest BCUT2D eigenvalue weighted by Gasteiger charge is -2.22. The van der Waals surface area contributed by atoms with Gasteiger partial charge in [0.05, 0.1) is 17.6 Å². The minimum atomic E-state index is -4.13. The molecule has 0 aliphatic carbocycles. The number of nitrogens with zero attached hydrogens (tertiary/aromatic N) is 2. The van der Waals surface area contributed by atoms with Crippen LogP contribution >= 0.6 is 0 Å². The predicted octanol–water partition coefficient (Wildman–Crippen LogP) is 0.879. The van der Waals surface area contributed by atoms with E-state index in [0.717, 1.165) is 16.4 Å². The number of benzene rings is 1. The van der Waals surface area contributed by atoms with Crippen molar-refractivity contribution in [1.29, 1.82) is 0 Å². The summed E-state index contributed by atoms with van der Waals surface area (Å²) in [5.74, 6) is -0.879. The van der Waals surface area contributed by atoms with E-state index in [1.54, 1.807) is 0 Å². The first-order chi connectivity index (χ1) is 9.37. The van der Waals surface area contributed by atoms with Gasteiger partial charge in [0.25, 0.3) is 5.69 Å². The zero-order chi connectivity index (χ0) is 14.9. The number of sulfonamides is 1. The number of nitro groups is 1. The Morgan fingerprint density at radius 3 is 2.80 bits per heavy atom. The number of halogens is 1. The van der Waals surface area contributed by atoms with Gasteiger partial charge in [-0.3, -0.25) is 10.1 Å². The van der Waals surface area contributed by atoms with E-state index in [-0.39, 0.29) is 13.2 Å². The third kappa shape index (κ3) is 2.51. The van der Waals surface area contributed by atoms with Crippen molar-refractivity contribution in [2.24, 2.45) is 0 Å². The van der Waals surface area contributed by atoms with Gasteiger partial charge in [-0.25, -0.2) is 12.8 Å². The zero-order valence-electron chi connectivity index (χ0n) is 10.4. The molecule has 1 N–H and O–H groups in total. The fourth-order valence-corrected chi connectivity index (χ4v) is 4.11. The summed E-state index contributed by atoms with van der Waals surface area (Å²) in [7, 11) is -4.13. The van der Waals surface area contributed by atoms with Crippen LogP contribution in [0, 0.1) is 15.9 Å². The molecule has 1 heterocycles. The lowest BCUT2D eigenvalue weighted by molar-refractivity contribution is -0.388. The molecular weight excluding hydrogens is 291 g/mol. The van der Waals surface area contributed by atoms with Gasteiger partial charge in [-0.2, -0.15) is 4.31 Å². The van der Waals surface area contributed by atoms with E-state index in [4.69, 9.17) is 5.11 Å². The Balaban J connectivity index is 2.52. The Bertz CT molecular complexity index is 634. The molecule has 1 aromatic carbocycles. The van der Waals surface area contributed by atoms with Gasteiger partial charge in [0.15, 0.2) is 4.90 Å². The van der Waals surface area contributed by atoms with Gasteiger partial charge in [-0.15, -0.1) is 0 Å². The number of rotatable bonds is 4. The number of nitro benzene ring substituents is 1. The van der Waals surface area contributed by atoms with Crippen molar-refractivity contribution in [1.82, 2.24) is 4.31 Å². The summed E-state index contributed by atoms with van der Waals surface area (Å²) in [6, 6.07) is 1.74. The molecule has 0 aromatic heterocycles. The Labute approximate surface area is 114 Å². The third-order valence-electron chi connectivity index (χ3n) is 3.24. The standard InChI is InChI=1S/C11H13FN2O5S/c12-8-3-4-11(10(6-8)14(16)17)20(18,19)13-5-1-2-9(13)7-15/h3-4,6,9,15H,1-2,5,7H2/t9-/m1/s1. The normalized spacial score (nSPS) is 20.2. The maximum absolute atomic E-state index is 13.1. The summed E-state index contributed by atoms with van der Waals surface area (Å²) < 4.78 is 39.0. The lowest BCUT2D eigenvalue weighted by Crippen LogP contribution is -2.37. The van der Waals surface area contributed by atoms with Gasteiger partial charge in [0.2, 0.25) is 10.0 Å². The van der Waals surface area contributed by atoms with Crippen LogP contribution < -0.4 is 0 Å². The molecule has 20 heavy (non-hydrogen) atoms. The highest BCUT2D eigenvalue weighted by atomic mass is 32.2. The van der Waals surface area contributed by atoms with Gasteiger partial charge < -0.3 is 5.11 Å². The molecule has 110 valence electrons. The summed E-state index contributed by atoms with van der Waals surface area (Å²) in [6.07, 6.45) is 1.06. The molecule has 0 radical (unpaired) electrons. The molecular formula is C11H13FN2O5S. The highest BCUT2D eigenvalue weighted by molar-refractivity contribution is 7.89. The molecule has 0 bridgehead atoms. The average Bonchev–Trinajstić information content (AvgIpc) is 2.87. The minimum Gasteiger partial charge on any atom is -0.395 e. The van der Waals surface area contributed by atoms with Crippen LogP contribution in [0.15, 0.2) is 23.1 Å². The summed E-state index contributed by atoms with van der Waals surface area (Å²) in [4.78, 5) is 9.41. The fourth-order valence-electron chi connectivity index (χ4n) is 2.29. The van der Waals surface area contributed by atoms with Gasteiger partial charge in [0, 0.05) is 12.6 Å². The molecule has 1 saturated heterocycles. The summed E-state index contributed by atoms with van der Waals surface area (Å²) in [5.41, 5.74) is -0.798. The van der Waals surface area contributed by atoms with Crippen LogP contribution in [0.2, 0.25) is 0 Å². The number of hydrogen-bond donors (Lipinski definition) is 1. The number of aliphatic hydroxyl groups is 1. The van der Waals surface area contributed by atoms with Crippen molar-refractivity contribution in [3.8, 4) is 0 Å². The van der Waals surface area contributed by atoms with Crippen LogP contribution in [-0.4, -0.2) is 41.9 Å². The molecule has 0 saturated carbocycles. The average molecular weight is 304 g/mol. The second kappa shape index (κ2) is 5.43. The van der Waals surface area contributed by atoms with Crippen molar-refractivity contribution in [3.63, 3.8) is 0 Å². The largest absolute Gasteiger partial charge is 0.395 e. The van der Waals surface area contributed by atoms with E-state index in [1.165, 1.54) is 0 Å². The Morgan fingerprint density at radius 2 is 2.20 bits per heavy atom. The molecule has 0 unspecified atom stereocenters. The van der Waals surface area contributed by atoms with Crippen LogP contribution in [0.5, 0.6) is 0 Å². The van der Waals surface area contributed by atoms with Crippen molar-refractivity contribution < 1.29 is 22.8 Å². The first kappa shape index (κ1) is 14.8. The molecule has 1 aromatic rings. The highest BCUT2D eigenvalue weighted by Crippen LogP contribution is 2.31. The van der Waals surface area contributed by atoms with E-state index < -0.39 is 37.4 Å². The molecule has 0 spiro atoms. The molecule has 1 aliphatic rings. The Hall–Kier alpha value is -1.58. The fraction of sp³-hybridized carbons (Fsp3) is 0.455. The van der Waals surface area contributed by atoms with E-state index >= 15 is 0 Å². The van der Waals surface area contributed by atoms with E-state index in [9.17, 15) is 22.9 Å². The van der Waals surface area contributed by atoms with E-state index in [2.05, 4.69) is 0 Å². The maximum atomic E-state index is 13.1. The van der Waals surface area contributed by atoms with Gasteiger partial charge in [-0.1, -0.05) is 0 Å². The maximum Gasteiger partial charge on any atom is 0.292 e. The van der Waals surface area contributed by atoms with Gasteiger partial charge >= 0.3 is 0 Å². The quantitative estimate of drug-likeness (QED) is 0.657. The molecule has 9 heteroatoms. The predicted molar refractivity (Wildman–Crippen MR) is 67.1 cm³/mol. The zero-order valence-corrected chi connectivity index (χ0v) is 11.2. The molecule has 1 atom stereocenters. The monoisotopic (exact) mass is 304 g/mol. The van der Waals surface area contributed by atoms with Crippen LogP contribution in [-0.2, 0) is 10.0 Å². The first-order valence-electron chi connectivity index (χ1n) is 5.94. The third-order valence-corrected chi connectivity index (χ3v) is 5.24.